The van der Waals surface area contributed by atoms with Crippen LogP contribution in [0.5, 0.6) is 0 Å². The van der Waals surface area contributed by atoms with Gasteiger partial charge in [-0.1, -0.05) is 19.2 Å². The molecule has 2 aromatic rings. The molecule has 0 amide bonds. The molecule has 0 spiro atoms. The Bertz CT molecular complexity index is 872. The van der Waals surface area contributed by atoms with E-state index < -0.39 is 11.4 Å². The van der Waals surface area contributed by atoms with Crippen molar-refractivity contribution in [3.63, 3.8) is 0 Å². The lowest BCUT2D eigenvalue weighted by molar-refractivity contribution is 0.445. The predicted octanol–water partition coefficient (Wildman–Crippen LogP) is 0.0510. The Hall–Kier alpha value is -2.43. The molecule has 0 radical (unpaired) electrons. The van der Waals surface area contributed by atoms with Crippen LogP contribution in [-0.2, 0) is 0 Å². The largest absolute Gasteiger partial charge is 0.426 e. The average Bonchev–Trinajstić information content (AvgIpc) is 2.33. The van der Waals surface area contributed by atoms with Crippen LogP contribution in [-0.4, -0.2) is 9.55 Å². The van der Waals surface area contributed by atoms with Gasteiger partial charge in [-0.2, -0.15) is 0 Å². The van der Waals surface area contributed by atoms with E-state index in [0.717, 1.165) is 0 Å². The van der Waals surface area contributed by atoms with Gasteiger partial charge in [-0.25, -0.2) is 14.2 Å². The Labute approximate surface area is 102 Å². The lowest BCUT2D eigenvalue weighted by Crippen LogP contribution is -2.34. The zero-order valence-electron chi connectivity index (χ0n) is 10.2. The van der Waals surface area contributed by atoms with Crippen LogP contribution in [0.15, 0.2) is 26.3 Å². The maximum atomic E-state index is 11.8. The molecule has 0 aliphatic rings. The maximum Gasteiger partial charge on any atom is 0.426 e. The topological polar surface area (TPSA) is 65.1 Å². The molecule has 2 heterocycles. The molecule has 2 aromatic heterocycles. The molecule has 0 unspecified atom stereocenters. The van der Waals surface area contributed by atoms with Crippen molar-refractivity contribution in [1.29, 1.82) is 0 Å². The first-order chi connectivity index (χ1) is 8.47. The lowest BCUT2D eigenvalue weighted by Gasteiger charge is -2.08. The lowest BCUT2D eigenvalue weighted by atomic mass is 10.2. The van der Waals surface area contributed by atoms with E-state index in [1.54, 1.807) is 19.9 Å². The van der Waals surface area contributed by atoms with Gasteiger partial charge in [0.15, 0.2) is 0 Å². The molecule has 5 heteroatoms. The van der Waals surface area contributed by atoms with E-state index in [1.165, 1.54) is 10.8 Å². The highest BCUT2D eigenvalue weighted by Gasteiger charge is 2.11. The fraction of sp³-hybridized carbons (Fsp3) is 0.154. The van der Waals surface area contributed by atoms with E-state index in [-0.39, 0.29) is 5.39 Å². The number of hydrogen-bond donors (Lipinski definition) is 0. The quantitative estimate of drug-likeness (QED) is 0.711. The predicted molar refractivity (Wildman–Crippen MR) is 70.5 cm³/mol. The second-order valence-electron chi connectivity index (χ2n) is 3.87. The van der Waals surface area contributed by atoms with E-state index in [9.17, 15) is 9.59 Å². The molecular weight excluding hydrogens is 232 g/mol. The summed E-state index contributed by atoms with van der Waals surface area (Å²) in [6, 6.07) is 0. The van der Waals surface area contributed by atoms with Crippen LogP contribution in [0.25, 0.3) is 29.8 Å². The van der Waals surface area contributed by atoms with Gasteiger partial charge in [0.1, 0.15) is 5.39 Å². The van der Waals surface area contributed by atoms with Crippen LogP contribution in [0.1, 0.15) is 13.8 Å². The molecular formula is C13H12N2O3. The van der Waals surface area contributed by atoms with Crippen molar-refractivity contribution in [1.82, 2.24) is 9.55 Å². The summed E-state index contributed by atoms with van der Waals surface area (Å²) in [4.78, 5) is 27.4. The molecule has 0 aromatic carbocycles. The third-order valence-corrected chi connectivity index (χ3v) is 2.82. The Kier molecular flexibility index (Phi) is 2.74. The third kappa shape index (κ3) is 1.60. The molecule has 92 valence electrons. The molecule has 5 nitrogen and oxygen atoms in total. The van der Waals surface area contributed by atoms with Crippen LogP contribution in [0.4, 0.5) is 0 Å². The highest BCUT2D eigenvalue weighted by Crippen LogP contribution is 2.06. The molecule has 0 saturated carbocycles. The summed E-state index contributed by atoms with van der Waals surface area (Å²) in [7, 11) is 0. The van der Waals surface area contributed by atoms with Gasteiger partial charge in [0, 0.05) is 17.1 Å². The second kappa shape index (κ2) is 4.10. The Morgan fingerprint density at radius 2 is 2.11 bits per heavy atom. The molecule has 0 aliphatic carbocycles. The summed E-state index contributed by atoms with van der Waals surface area (Å²) in [5.74, 6) is -0.737. The number of aromatic nitrogens is 2. The summed E-state index contributed by atoms with van der Waals surface area (Å²) >= 11 is 0. The maximum absolute atomic E-state index is 11.8. The molecule has 0 aliphatic heterocycles. The smallest absolute Gasteiger partial charge is 0.372 e. The van der Waals surface area contributed by atoms with E-state index in [0.29, 0.717) is 21.8 Å². The summed E-state index contributed by atoms with van der Waals surface area (Å²) in [6.07, 6.45) is 3.08. The first kappa shape index (κ1) is 12.0. The van der Waals surface area contributed by atoms with Crippen molar-refractivity contribution in [3.05, 3.63) is 43.8 Å². The van der Waals surface area contributed by atoms with Crippen LogP contribution in [0, 0.1) is 0 Å². The van der Waals surface area contributed by atoms with Crippen LogP contribution < -0.4 is 21.9 Å². The zero-order valence-corrected chi connectivity index (χ0v) is 10.2. The van der Waals surface area contributed by atoms with Gasteiger partial charge < -0.3 is 4.42 Å². The van der Waals surface area contributed by atoms with E-state index >= 15 is 0 Å². The SMILES string of the molecule is C=c1ncc2c(=O)oc(=O)n(C(C)=CC)c2c1=C. The Morgan fingerprint density at radius 1 is 1.44 bits per heavy atom. The number of pyridine rings is 1. The monoisotopic (exact) mass is 244 g/mol. The number of rotatable bonds is 1. The van der Waals surface area contributed by atoms with E-state index in [2.05, 4.69) is 22.6 Å². The van der Waals surface area contributed by atoms with Gasteiger partial charge in [0.25, 0.3) is 0 Å². The molecule has 18 heavy (non-hydrogen) atoms. The van der Waals surface area contributed by atoms with Gasteiger partial charge in [0.2, 0.25) is 0 Å². The van der Waals surface area contributed by atoms with E-state index in [4.69, 9.17) is 0 Å². The summed E-state index contributed by atoms with van der Waals surface area (Å²) < 4.78 is 5.96. The minimum Gasteiger partial charge on any atom is -0.372 e. The Morgan fingerprint density at radius 3 is 2.72 bits per heavy atom. The van der Waals surface area contributed by atoms with Crippen molar-refractivity contribution in [3.8, 4) is 0 Å². The summed E-state index contributed by atoms with van der Waals surface area (Å²) in [5, 5.41) is 1.08. The number of fused-ring (bicyclic) bond motifs is 1. The number of allylic oxidation sites excluding steroid dienone is 2. The molecule has 0 bridgehead atoms. The van der Waals surface area contributed by atoms with Gasteiger partial charge >= 0.3 is 11.4 Å². The highest BCUT2D eigenvalue weighted by atomic mass is 16.4. The zero-order chi connectivity index (χ0) is 13.4. The minimum atomic E-state index is -0.737. The molecule has 2 rings (SSSR count). The Balaban J connectivity index is 3.27. The van der Waals surface area contributed by atoms with Crippen LogP contribution in [0.2, 0.25) is 0 Å². The van der Waals surface area contributed by atoms with Gasteiger partial charge in [-0.05, 0) is 13.8 Å². The van der Waals surface area contributed by atoms with Crippen molar-refractivity contribution < 1.29 is 4.42 Å². The van der Waals surface area contributed by atoms with Gasteiger partial charge in [-0.3, -0.25) is 4.98 Å². The van der Waals surface area contributed by atoms with Crippen molar-refractivity contribution in [2.75, 3.05) is 0 Å². The van der Waals surface area contributed by atoms with Crippen LogP contribution >= 0.6 is 0 Å². The van der Waals surface area contributed by atoms with Crippen molar-refractivity contribution >= 4 is 29.8 Å². The number of nitrogens with zero attached hydrogens (tertiary/aromatic N) is 2. The van der Waals surface area contributed by atoms with Crippen molar-refractivity contribution in [2.45, 2.75) is 13.8 Å². The first-order valence-corrected chi connectivity index (χ1v) is 5.33. The van der Waals surface area contributed by atoms with E-state index in [1.807, 2.05) is 0 Å². The molecule has 0 fully saturated rings. The van der Waals surface area contributed by atoms with Crippen molar-refractivity contribution in [2.24, 2.45) is 0 Å². The summed E-state index contributed by atoms with van der Waals surface area (Å²) in [5.41, 5.74) is 0.323. The van der Waals surface area contributed by atoms with Gasteiger partial charge in [-0.15, -0.1) is 0 Å². The first-order valence-electron chi connectivity index (χ1n) is 5.33. The van der Waals surface area contributed by atoms with Gasteiger partial charge in [0.05, 0.1) is 10.9 Å². The summed E-state index contributed by atoms with van der Waals surface area (Å²) in [6.45, 7) is 11.1. The molecule has 0 atom stereocenters. The molecule has 0 N–H and O–H groups in total. The van der Waals surface area contributed by atoms with Crippen LogP contribution in [0.3, 0.4) is 0 Å². The third-order valence-electron chi connectivity index (χ3n) is 2.82. The average molecular weight is 244 g/mol. The normalized spacial score (nSPS) is 12.0. The standard InChI is InChI=1S/C13H12N2O3/c1-5-7(2)15-11-8(3)9(4)14-6-10(11)12(16)18-13(15)17/h5-6H,3-4H2,1-2H3. The number of hydrogen-bond acceptors (Lipinski definition) is 4. The fourth-order valence-electron chi connectivity index (χ4n) is 1.71. The minimum absolute atomic E-state index is 0.216. The fourth-order valence-corrected chi connectivity index (χ4v) is 1.71. The highest BCUT2D eigenvalue weighted by molar-refractivity contribution is 5.80. The molecule has 0 saturated heterocycles. The second-order valence-corrected chi connectivity index (χ2v) is 3.87.